The lowest BCUT2D eigenvalue weighted by Crippen LogP contribution is -2.35. The number of rotatable bonds is 4. The average molecular weight is 289 g/mol. The molecule has 9 nitrogen and oxygen atoms in total. The Kier molecular flexibility index (Phi) is 3.62. The van der Waals surface area contributed by atoms with E-state index in [4.69, 9.17) is 5.26 Å². The summed E-state index contributed by atoms with van der Waals surface area (Å²) < 4.78 is 4.45. The van der Waals surface area contributed by atoms with Crippen LogP contribution in [0.3, 0.4) is 0 Å². The standard InChI is InChI=1S/C12H7N3O6/c13-4-5-21-9(16)6-14-11(17)7-2-1-3-8(15(19)20)10(7)12(14)18/h1-3H,5-6H2. The monoisotopic (exact) mass is 289 g/mol. The number of nitro groups is 1. The highest BCUT2D eigenvalue weighted by atomic mass is 16.6. The summed E-state index contributed by atoms with van der Waals surface area (Å²) >= 11 is 0. The van der Waals surface area contributed by atoms with Gasteiger partial charge in [0.05, 0.1) is 10.5 Å². The molecule has 0 aliphatic carbocycles. The molecule has 1 aromatic carbocycles. The minimum Gasteiger partial charge on any atom is -0.449 e. The lowest BCUT2D eigenvalue weighted by Gasteiger charge is -2.11. The molecule has 0 bridgehead atoms. The lowest BCUT2D eigenvalue weighted by molar-refractivity contribution is -0.385. The number of hydrogen-bond donors (Lipinski definition) is 0. The summed E-state index contributed by atoms with van der Waals surface area (Å²) in [6.07, 6.45) is 0. The maximum Gasteiger partial charge on any atom is 0.327 e. The molecule has 9 heteroatoms. The zero-order valence-electron chi connectivity index (χ0n) is 10.4. The fourth-order valence-electron chi connectivity index (χ4n) is 1.90. The Labute approximate surface area is 117 Å². The van der Waals surface area contributed by atoms with Crippen molar-refractivity contribution in [2.75, 3.05) is 13.2 Å². The summed E-state index contributed by atoms with van der Waals surface area (Å²) in [4.78, 5) is 46.1. The van der Waals surface area contributed by atoms with Crippen LogP contribution in [0.25, 0.3) is 0 Å². The van der Waals surface area contributed by atoms with Gasteiger partial charge in [-0.2, -0.15) is 5.26 Å². The van der Waals surface area contributed by atoms with Crippen LogP contribution in [0.1, 0.15) is 20.7 Å². The van der Waals surface area contributed by atoms with Crippen molar-refractivity contribution in [3.05, 3.63) is 39.4 Å². The second-order valence-electron chi connectivity index (χ2n) is 3.97. The fourth-order valence-corrected chi connectivity index (χ4v) is 1.90. The Hall–Kier alpha value is -3.28. The topological polar surface area (TPSA) is 131 Å². The molecule has 0 spiro atoms. The molecule has 0 saturated carbocycles. The van der Waals surface area contributed by atoms with Crippen molar-refractivity contribution < 1.29 is 24.0 Å². The Morgan fingerprint density at radius 2 is 2.10 bits per heavy atom. The number of fused-ring (bicyclic) bond motifs is 1. The molecule has 0 unspecified atom stereocenters. The van der Waals surface area contributed by atoms with E-state index in [-0.39, 0.29) is 11.1 Å². The molecule has 0 aromatic heterocycles. The normalized spacial score (nSPS) is 12.8. The van der Waals surface area contributed by atoms with Crippen LogP contribution in [0.15, 0.2) is 18.2 Å². The molecular weight excluding hydrogens is 282 g/mol. The third-order valence-electron chi connectivity index (χ3n) is 2.76. The number of benzene rings is 1. The quantitative estimate of drug-likeness (QED) is 0.336. The van der Waals surface area contributed by atoms with Crippen LogP contribution in [0, 0.1) is 21.4 Å². The second-order valence-corrected chi connectivity index (χ2v) is 3.97. The molecule has 1 aliphatic heterocycles. The van der Waals surface area contributed by atoms with Crippen LogP contribution in [0.5, 0.6) is 0 Å². The highest BCUT2D eigenvalue weighted by molar-refractivity contribution is 6.24. The van der Waals surface area contributed by atoms with E-state index in [0.717, 1.165) is 6.07 Å². The molecule has 1 aromatic rings. The third kappa shape index (κ3) is 2.42. The number of nitro benzene ring substituents is 1. The third-order valence-corrected chi connectivity index (χ3v) is 2.76. The van der Waals surface area contributed by atoms with Crippen LogP contribution < -0.4 is 0 Å². The van der Waals surface area contributed by atoms with Gasteiger partial charge in [0.15, 0.2) is 6.61 Å². The van der Waals surface area contributed by atoms with Gasteiger partial charge in [-0.15, -0.1) is 0 Å². The molecule has 2 amide bonds. The van der Waals surface area contributed by atoms with E-state index < -0.39 is 41.5 Å². The highest BCUT2D eigenvalue weighted by Crippen LogP contribution is 2.30. The van der Waals surface area contributed by atoms with E-state index >= 15 is 0 Å². The van der Waals surface area contributed by atoms with Gasteiger partial charge in [0.25, 0.3) is 17.5 Å². The van der Waals surface area contributed by atoms with Crippen molar-refractivity contribution in [3.8, 4) is 6.07 Å². The fraction of sp³-hybridized carbons (Fsp3) is 0.167. The molecule has 106 valence electrons. The second kappa shape index (κ2) is 5.38. The van der Waals surface area contributed by atoms with Crippen LogP contribution in [0.4, 0.5) is 5.69 Å². The first kappa shape index (κ1) is 14.1. The first-order chi connectivity index (χ1) is 9.97. The van der Waals surface area contributed by atoms with E-state index in [1.807, 2.05) is 0 Å². The molecular formula is C12H7N3O6. The van der Waals surface area contributed by atoms with Gasteiger partial charge in [-0.25, -0.2) is 0 Å². The predicted molar refractivity (Wildman–Crippen MR) is 65.0 cm³/mol. The Bertz CT molecular complexity index is 705. The number of carbonyl (C=O) groups excluding carboxylic acids is 3. The van der Waals surface area contributed by atoms with Crippen LogP contribution in [-0.2, 0) is 9.53 Å². The zero-order chi connectivity index (χ0) is 15.6. The minimum atomic E-state index is -0.950. The predicted octanol–water partition coefficient (Wildman–Crippen LogP) is 0.258. The summed E-state index contributed by atoms with van der Waals surface area (Å²) in [6, 6.07) is 5.21. The maximum atomic E-state index is 12.1. The van der Waals surface area contributed by atoms with Gasteiger partial charge >= 0.3 is 5.97 Å². The summed E-state index contributed by atoms with van der Waals surface area (Å²) in [6.45, 7) is -1.21. The minimum absolute atomic E-state index is 0.137. The molecule has 0 atom stereocenters. The van der Waals surface area contributed by atoms with Gasteiger partial charge in [-0.3, -0.25) is 29.4 Å². The zero-order valence-corrected chi connectivity index (χ0v) is 10.4. The number of imide groups is 1. The van der Waals surface area contributed by atoms with Crippen LogP contribution in [-0.4, -0.2) is 40.8 Å². The first-order valence-electron chi connectivity index (χ1n) is 5.63. The largest absolute Gasteiger partial charge is 0.449 e. The molecule has 1 aliphatic rings. The number of hydrogen-bond acceptors (Lipinski definition) is 7. The maximum absolute atomic E-state index is 12.1. The number of nitriles is 1. The molecule has 1 heterocycles. The van der Waals surface area contributed by atoms with E-state index in [9.17, 15) is 24.5 Å². The van der Waals surface area contributed by atoms with Crippen molar-refractivity contribution in [2.45, 2.75) is 0 Å². The van der Waals surface area contributed by atoms with E-state index in [2.05, 4.69) is 4.74 Å². The van der Waals surface area contributed by atoms with Crippen molar-refractivity contribution in [1.82, 2.24) is 4.90 Å². The van der Waals surface area contributed by atoms with Gasteiger partial charge in [0.1, 0.15) is 18.2 Å². The van der Waals surface area contributed by atoms with Crippen molar-refractivity contribution in [3.63, 3.8) is 0 Å². The first-order valence-corrected chi connectivity index (χ1v) is 5.63. The van der Waals surface area contributed by atoms with Gasteiger partial charge in [-0.05, 0) is 6.07 Å². The number of esters is 1. The molecule has 0 radical (unpaired) electrons. The van der Waals surface area contributed by atoms with Gasteiger partial charge < -0.3 is 4.74 Å². The lowest BCUT2D eigenvalue weighted by atomic mass is 10.1. The van der Waals surface area contributed by atoms with E-state index in [1.165, 1.54) is 12.1 Å². The Balaban J connectivity index is 2.31. The number of ether oxygens (including phenoxy) is 1. The SMILES string of the molecule is N#CCOC(=O)CN1C(=O)c2cccc([N+](=O)[O-])c2C1=O. The smallest absolute Gasteiger partial charge is 0.327 e. The van der Waals surface area contributed by atoms with Crippen molar-refractivity contribution in [2.24, 2.45) is 0 Å². The highest BCUT2D eigenvalue weighted by Gasteiger charge is 2.41. The summed E-state index contributed by atoms with van der Waals surface area (Å²) in [7, 11) is 0. The van der Waals surface area contributed by atoms with Gasteiger partial charge in [0, 0.05) is 6.07 Å². The van der Waals surface area contributed by atoms with E-state index in [1.54, 1.807) is 6.07 Å². The number of carbonyl (C=O) groups is 3. The van der Waals surface area contributed by atoms with Gasteiger partial charge in [0.2, 0.25) is 0 Å². The Morgan fingerprint density at radius 3 is 2.71 bits per heavy atom. The van der Waals surface area contributed by atoms with Crippen molar-refractivity contribution in [1.29, 1.82) is 5.26 Å². The van der Waals surface area contributed by atoms with Crippen LogP contribution >= 0.6 is 0 Å². The number of nitrogens with zero attached hydrogens (tertiary/aromatic N) is 3. The summed E-state index contributed by atoms with van der Waals surface area (Å²) in [5.41, 5.74) is -0.985. The molecule has 0 saturated heterocycles. The average Bonchev–Trinajstić information content (AvgIpc) is 2.70. The molecule has 0 fully saturated rings. The molecule has 0 N–H and O–H groups in total. The van der Waals surface area contributed by atoms with Gasteiger partial charge in [-0.1, -0.05) is 6.07 Å². The number of amides is 2. The van der Waals surface area contributed by atoms with Crippen LogP contribution in [0.2, 0.25) is 0 Å². The summed E-state index contributed by atoms with van der Waals surface area (Å²) in [5, 5.41) is 19.1. The Morgan fingerprint density at radius 1 is 1.38 bits per heavy atom. The summed E-state index contributed by atoms with van der Waals surface area (Å²) in [5.74, 6) is -2.70. The van der Waals surface area contributed by atoms with E-state index in [0.29, 0.717) is 4.90 Å². The van der Waals surface area contributed by atoms with Crippen molar-refractivity contribution >= 4 is 23.5 Å². The molecule has 21 heavy (non-hydrogen) atoms. The molecule has 2 rings (SSSR count).